The van der Waals surface area contributed by atoms with Crippen LogP contribution in [0.5, 0.6) is 0 Å². The standard InChI is InChI=1S/C16H22N4/c1-11-6-5-7-13(10-11)18-15-9-4-3-8-14(15)16-17-12(2)19-20-16/h3-4,8-9,11,13,18H,5-7,10H2,1-2H3,(H,17,19,20). The number of benzene rings is 1. The second kappa shape index (κ2) is 5.65. The molecule has 2 N–H and O–H groups in total. The van der Waals surface area contributed by atoms with Gasteiger partial charge < -0.3 is 5.32 Å². The van der Waals surface area contributed by atoms with Crippen LogP contribution in [0, 0.1) is 12.8 Å². The van der Waals surface area contributed by atoms with Gasteiger partial charge in [0.05, 0.1) is 0 Å². The summed E-state index contributed by atoms with van der Waals surface area (Å²) in [5.74, 6) is 2.44. The lowest BCUT2D eigenvalue weighted by molar-refractivity contribution is 0.359. The number of para-hydroxylation sites is 1. The zero-order valence-corrected chi connectivity index (χ0v) is 12.2. The van der Waals surface area contributed by atoms with Crippen molar-refractivity contribution in [3.63, 3.8) is 0 Å². The summed E-state index contributed by atoms with van der Waals surface area (Å²) >= 11 is 0. The number of aromatic nitrogens is 3. The van der Waals surface area contributed by atoms with Crippen LogP contribution in [0.4, 0.5) is 5.69 Å². The molecule has 1 heterocycles. The average Bonchev–Trinajstić information content (AvgIpc) is 2.86. The van der Waals surface area contributed by atoms with Gasteiger partial charge in [0.15, 0.2) is 5.82 Å². The van der Waals surface area contributed by atoms with Crippen LogP contribution in [-0.2, 0) is 0 Å². The fourth-order valence-corrected chi connectivity index (χ4v) is 3.05. The van der Waals surface area contributed by atoms with E-state index in [1.807, 2.05) is 13.0 Å². The number of hydrogen-bond acceptors (Lipinski definition) is 3. The Bertz CT molecular complexity index is 575. The van der Waals surface area contributed by atoms with Crippen LogP contribution in [0.15, 0.2) is 24.3 Å². The van der Waals surface area contributed by atoms with Crippen molar-refractivity contribution in [1.82, 2.24) is 15.2 Å². The molecule has 20 heavy (non-hydrogen) atoms. The van der Waals surface area contributed by atoms with Gasteiger partial charge in [-0.2, -0.15) is 5.10 Å². The van der Waals surface area contributed by atoms with E-state index in [1.165, 1.54) is 25.7 Å². The smallest absolute Gasteiger partial charge is 0.183 e. The Balaban J connectivity index is 1.83. The van der Waals surface area contributed by atoms with Crippen molar-refractivity contribution in [3.05, 3.63) is 30.1 Å². The summed E-state index contributed by atoms with van der Waals surface area (Å²) in [5, 5.41) is 10.9. The monoisotopic (exact) mass is 270 g/mol. The Morgan fingerprint density at radius 1 is 1.25 bits per heavy atom. The number of nitrogens with one attached hydrogen (secondary N) is 2. The minimum atomic E-state index is 0.569. The summed E-state index contributed by atoms with van der Waals surface area (Å²) < 4.78 is 0. The molecule has 1 fully saturated rings. The molecule has 4 nitrogen and oxygen atoms in total. The minimum absolute atomic E-state index is 0.569. The van der Waals surface area contributed by atoms with Crippen molar-refractivity contribution in [3.8, 4) is 11.4 Å². The van der Waals surface area contributed by atoms with E-state index < -0.39 is 0 Å². The van der Waals surface area contributed by atoms with Gasteiger partial charge >= 0.3 is 0 Å². The number of rotatable bonds is 3. The van der Waals surface area contributed by atoms with Crippen molar-refractivity contribution < 1.29 is 0 Å². The average molecular weight is 270 g/mol. The van der Waals surface area contributed by atoms with Gasteiger partial charge in [0.25, 0.3) is 0 Å². The van der Waals surface area contributed by atoms with E-state index in [9.17, 15) is 0 Å². The predicted octanol–water partition coefficient (Wildman–Crippen LogP) is 3.77. The molecule has 0 saturated heterocycles. The summed E-state index contributed by atoms with van der Waals surface area (Å²) in [6, 6.07) is 8.88. The van der Waals surface area contributed by atoms with Gasteiger partial charge in [-0.15, -0.1) is 0 Å². The van der Waals surface area contributed by atoms with Crippen LogP contribution in [0.1, 0.15) is 38.4 Å². The van der Waals surface area contributed by atoms with Crippen LogP contribution in [0.25, 0.3) is 11.4 Å². The summed E-state index contributed by atoms with van der Waals surface area (Å²) in [6.45, 7) is 4.27. The van der Waals surface area contributed by atoms with E-state index in [2.05, 4.69) is 45.6 Å². The second-order valence-corrected chi connectivity index (χ2v) is 5.90. The van der Waals surface area contributed by atoms with Crippen LogP contribution in [0.2, 0.25) is 0 Å². The van der Waals surface area contributed by atoms with Crippen molar-refractivity contribution >= 4 is 5.69 Å². The molecule has 0 bridgehead atoms. The quantitative estimate of drug-likeness (QED) is 0.892. The number of aromatic amines is 1. The first kappa shape index (κ1) is 13.2. The second-order valence-electron chi connectivity index (χ2n) is 5.90. The summed E-state index contributed by atoms with van der Waals surface area (Å²) in [7, 11) is 0. The van der Waals surface area contributed by atoms with Gasteiger partial charge in [-0.25, -0.2) is 4.98 Å². The highest BCUT2D eigenvalue weighted by Crippen LogP contribution is 2.30. The SMILES string of the molecule is Cc1nc(-c2ccccc2NC2CCCC(C)C2)n[nH]1. The van der Waals surface area contributed by atoms with Crippen LogP contribution in [0.3, 0.4) is 0 Å². The number of H-pyrrole nitrogens is 1. The normalized spacial score (nSPS) is 22.7. The highest BCUT2D eigenvalue weighted by molar-refractivity contribution is 5.73. The molecular weight excluding hydrogens is 248 g/mol. The lowest BCUT2D eigenvalue weighted by Crippen LogP contribution is -2.26. The fourth-order valence-electron chi connectivity index (χ4n) is 3.05. The van der Waals surface area contributed by atoms with E-state index in [0.717, 1.165) is 28.8 Å². The fraction of sp³-hybridized carbons (Fsp3) is 0.500. The lowest BCUT2D eigenvalue weighted by atomic mass is 9.87. The van der Waals surface area contributed by atoms with Crippen molar-refractivity contribution in [2.24, 2.45) is 5.92 Å². The van der Waals surface area contributed by atoms with Crippen LogP contribution in [-0.4, -0.2) is 21.2 Å². The van der Waals surface area contributed by atoms with Crippen LogP contribution < -0.4 is 5.32 Å². The van der Waals surface area contributed by atoms with Gasteiger partial charge in [0, 0.05) is 17.3 Å². The molecule has 106 valence electrons. The topological polar surface area (TPSA) is 53.6 Å². The van der Waals surface area contributed by atoms with E-state index in [4.69, 9.17) is 0 Å². The molecule has 0 spiro atoms. The molecule has 1 aliphatic carbocycles. The maximum absolute atomic E-state index is 4.44. The first-order chi connectivity index (χ1) is 9.72. The third kappa shape index (κ3) is 2.84. The predicted molar refractivity (Wildman–Crippen MR) is 81.6 cm³/mol. The van der Waals surface area contributed by atoms with Crippen molar-refractivity contribution in [1.29, 1.82) is 0 Å². The molecule has 0 amide bonds. The number of hydrogen-bond donors (Lipinski definition) is 2. The maximum Gasteiger partial charge on any atom is 0.183 e. The van der Waals surface area contributed by atoms with Crippen molar-refractivity contribution in [2.75, 3.05) is 5.32 Å². The van der Waals surface area contributed by atoms with Gasteiger partial charge in [0.1, 0.15) is 5.82 Å². The maximum atomic E-state index is 4.44. The zero-order chi connectivity index (χ0) is 13.9. The lowest BCUT2D eigenvalue weighted by Gasteiger charge is -2.28. The molecule has 2 atom stereocenters. The zero-order valence-electron chi connectivity index (χ0n) is 12.2. The number of anilines is 1. The molecule has 0 aliphatic heterocycles. The third-order valence-electron chi connectivity index (χ3n) is 4.06. The molecule has 0 radical (unpaired) electrons. The van der Waals surface area contributed by atoms with Crippen LogP contribution >= 0.6 is 0 Å². The molecule has 3 rings (SSSR count). The Labute approximate surface area is 120 Å². The largest absolute Gasteiger partial charge is 0.382 e. The van der Waals surface area contributed by atoms with Gasteiger partial charge in [-0.05, 0) is 37.8 Å². The molecular formula is C16H22N4. The first-order valence-electron chi connectivity index (χ1n) is 7.47. The van der Waals surface area contributed by atoms with Gasteiger partial charge in [-0.3, -0.25) is 5.10 Å². The molecule has 1 aromatic heterocycles. The summed E-state index contributed by atoms with van der Waals surface area (Å²) in [4.78, 5) is 4.44. The molecule has 1 aliphatic rings. The Morgan fingerprint density at radius 3 is 2.85 bits per heavy atom. The molecule has 2 unspecified atom stereocenters. The molecule has 4 heteroatoms. The molecule has 1 aromatic carbocycles. The summed E-state index contributed by atoms with van der Waals surface area (Å²) in [5.41, 5.74) is 2.22. The van der Waals surface area contributed by atoms with E-state index in [-0.39, 0.29) is 0 Å². The number of aryl methyl sites for hydroxylation is 1. The first-order valence-corrected chi connectivity index (χ1v) is 7.47. The molecule has 2 aromatic rings. The van der Waals surface area contributed by atoms with E-state index in [1.54, 1.807) is 0 Å². The van der Waals surface area contributed by atoms with E-state index >= 15 is 0 Å². The van der Waals surface area contributed by atoms with Gasteiger partial charge in [0.2, 0.25) is 0 Å². The molecule has 1 saturated carbocycles. The highest BCUT2D eigenvalue weighted by Gasteiger charge is 2.20. The minimum Gasteiger partial charge on any atom is -0.382 e. The van der Waals surface area contributed by atoms with Gasteiger partial charge in [-0.1, -0.05) is 31.9 Å². The number of nitrogens with zero attached hydrogens (tertiary/aromatic N) is 2. The van der Waals surface area contributed by atoms with E-state index in [0.29, 0.717) is 6.04 Å². The Morgan fingerprint density at radius 2 is 2.10 bits per heavy atom. The third-order valence-corrected chi connectivity index (χ3v) is 4.06. The Hall–Kier alpha value is -1.84. The highest BCUT2D eigenvalue weighted by atomic mass is 15.2. The Kier molecular flexibility index (Phi) is 3.72. The van der Waals surface area contributed by atoms with Crippen molar-refractivity contribution in [2.45, 2.75) is 45.6 Å². The summed E-state index contributed by atoms with van der Waals surface area (Å²) in [6.07, 6.45) is 5.19.